The smallest absolute Gasteiger partial charge is 0.0623 e. The van der Waals surface area contributed by atoms with E-state index in [-0.39, 0.29) is 18.6 Å². The molecule has 2 N–H and O–H groups in total. The van der Waals surface area contributed by atoms with E-state index in [1.165, 1.54) is 0 Å². The minimum Gasteiger partial charge on any atom is -0.396 e. The molecule has 1 aliphatic rings. The normalized spacial score (nSPS) is 41.1. The molecule has 0 aromatic heterocycles. The largest absolute Gasteiger partial charge is 0.396 e. The van der Waals surface area contributed by atoms with Gasteiger partial charge in [-0.3, -0.25) is 0 Å². The summed E-state index contributed by atoms with van der Waals surface area (Å²) in [4.78, 5) is 0. The van der Waals surface area contributed by atoms with Crippen molar-refractivity contribution >= 4 is 0 Å². The average molecular weight is 186 g/mol. The van der Waals surface area contributed by atoms with Crippen LogP contribution in [0.2, 0.25) is 0 Å². The van der Waals surface area contributed by atoms with Crippen molar-refractivity contribution in [2.45, 2.75) is 39.7 Å². The molecule has 0 amide bonds. The van der Waals surface area contributed by atoms with Crippen LogP contribution in [0.1, 0.15) is 33.6 Å². The molecule has 2 nitrogen and oxygen atoms in total. The highest BCUT2D eigenvalue weighted by molar-refractivity contribution is 4.86. The predicted molar refractivity (Wildman–Crippen MR) is 53.3 cm³/mol. The molecule has 13 heavy (non-hydrogen) atoms. The van der Waals surface area contributed by atoms with Gasteiger partial charge in [-0.05, 0) is 30.6 Å². The van der Waals surface area contributed by atoms with Crippen LogP contribution in [-0.2, 0) is 0 Å². The van der Waals surface area contributed by atoms with E-state index in [2.05, 4.69) is 20.8 Å². The lowest BCUT2D eigenvalue weighted by Gasteiger charge is -2.40. The van der Waals surface area contributed by atoms with Gasteiger partial charge in [0.15, 0.2) is 0 Å². The van der Waals surface area contributed by atoms with Gasteiger partial charge in [-0.15, -0.1) is 0 Å². The molecule has 2 unspecified atom stereocenters. The maximum absolute atomic E-state index is 10.0. The lowest BCUT2D eigenvalue weighted by Crippen LogP contribution is -2.42. The van der Waals surface area contributed by atoms with Crippen LogP contribution in [0.5, 0.6) is 0 Å². The van der Waals surface area contributed by atoms with Gasteiger partial charge >= 0.3 is 0 Å². The Morgan fingerprint density at radius 1 is 1.31 bits per heavy atom. The fourth-order valence-corrected chi connectivity index (χ4v) is 2.51. The Balaban J connectivity index is 2.63. The molecule has 0 aromatic rings. The third-order valence-corrected chi connectivity index (χ3v) is 3.63. The summed E-state index contributed by atoms with van der Waals surface area (Å²) in [6.45, 7) is 6.56. The van der Waals surface area contributed by atoms with Gasteiger partial charge < -0.3 is 10.2 Å². The molecule has 0 aliphatic heterocycles. The fraction of sp³-hybridized carbons (Fsp3) is 1.00. The topological polar surface area (TPSA) is 40.5 Å². The van der Waals surface area contributed by atoms with Gasteiger partial charge in [0.1, 0.15) is 0 Å². The summed E-state index contributed by atoms with van der Waals surface area (Å²) in [6, 6.07) is 0. The maximum Gasteiger partial charge on any atom is 0.0623 e. The highest BCUT2D eigenvalue weighted by atomic mass is 16.3. The first-order valence-corrected chi connectivity index (χ1v) is 5.36. The maximum atomic E-state index is 10.0. The number of hydrogen-bond donors (Lipinski definition) is 2. The van der Waals surface area contributed by atoms with Crippen LogP contribution in [0, 0.1) is 23.7 Å². The van der Waals surface area contributed by atoms with E-state index in [1.54, 1.807) is 0 Å². The number of rotatable bonds is 2. The highest BCUT2D eigenvalue weighted by Crippen LogP contribution is 2.37. The third kappa shape index (κ3) is 2.23. The summed E-state index contributed by atoms with van der Waals surface area (Å²) in [5.41, 5.74) is 0. The van der Waals surface area contributed by atoms with Crippen LogP contribution >= 0.6 is 0 Å². The Bertz CT molecular complexity index is 154. The Morgan fingerprint density at radius 2 is 1.92 bits per heavy atom. The molecule has 0 radical (unpaired) electrons. The van der Waals surface area contributed by atoms with Gasteiger partial charge in [0.2, 0.25) is 0 Å². The summed E-state index contributed by atoms with van der Waals surface area (Å²) in [6.07, 6.45) is 1.95. The third-order valence-electron chi connectivity index (χ3n) is 3.63. The second-order valence-electron chi connectivity index (χ2n) is 4.80. The summed E-state index contributed by atoms with van der Waals surface area (Å²) in [5.74, 6) is 1.47. The minimum absolute atomic E-state index is 0.0983. The highest BCUT2D eigenvalue weighted by Gasteiger charge is 2.36. The van der Waals surface area contributed by atoms with Crippen molar-refractivity contribution in [2.24, 2.45) is 23.7 Å². The van der Waals surface area contributed by atoms with E-state index in [0.29, 0.717) is 17.8 Å². The van der Waals surface area contributed by atoms with Crippen LogP contribution in [0.3, 0.4) is 0 Å². The number of aliphatic hydroxyl groups excluding tert-OH is 2. The zero-order valence-electron chi connectivity index (χ0n) is 8.90. The molecule has 0 spiro atoms. The first kappa shape index (κ1) is 11.0. The van der Waals surface area contributed by atoms with Crippen molar-refractivity contribution in [1.82, 2.24) is 0 Å². The van der Waals surface area contributed by atoms with Gasteiger partial charge in [-0.1, -0.05) is 20.8 Å². The second-order valence-corrected chi connectivity index (χ2v) is 4.80. The van der Waals surface area contributed by atoms with Gasteiger partial charge in [-0.25, -0.2) is 0 Å². The molecule has 2 heteroatoms. The minimum atomic E-state index is -0.297. The lowest BCUT2D eigenvalue weighted by atomic mass is 9.69. The van der Waals surface area contributed by atoms with Crippen LogP contribution in [0.25, 0.3) is 0 Å². The van der Waals surface area contributed by atoms with E-state index in [9.17, 15) is 10.2 Å². The molecule has 0 aromatic carbocycles. The van der Waals surface area contributed by atoms with E-state index >= 15 is 0 Å². The molecule has 0 saturated heterocycles. The molecule has 78 valence electrons. The molecule has 4 atom stereocenters. The lowest BCUT2D eigenvalue weighted by molar-refractivity contribution is -0.0481. The predicted octanol–water partition coefficient (Wildman–Crippen LogP) is 1.66. The van der Waals surface area contributed by atoms with Crippen LogP contribution in [0.4, 0.5) is 0 Å². The zero-order valence-corrected chi connectivity index (χ0v) is 8.90. The monoisotopic (exact) mass is 186 g/mol. The Hall–Kier alpha value is -0.0800. The van der Waals surface area contributed by atoms with Crippen molar-refractivity contribution < 1.29 is 10.2 Å². The molecule has 1 aliphatic carbocycles. The van der Waals surface area contributed by atoms with Gasteiger partial charge in [0, 0.05) is 12.5 Å². The molecule has 1 rings (SSSR count). The molecule has 1 saturated carbocycles. The van der Waals surface area contributed by atoms with Crippen LogP contribution in [0.15, 0.2) is 0 Å². The molecule has 0 bridgehead atoms. The quantitative estimate of drug-likeness (QED) is 0.688. The van der Waals surface area contributed by atoms with E-state index < -0.39 is 0 Å². The summed E-state index contributed by atoms with van der Waals surface area (Å²) >= 11 is 0. The molecular formula is C11H22O2. The van der Waals surface area contributed by atoms with E-state index in [0.717, 1.165) is 12.8 Å². The summed E-state index contributed by atoms with van der Waals surface area (Å²) in [7, 11) is 0. The van der Waals surface area contributed by atoms with Crippen molar-refractivity contribution in [3.63, 3.8) is 0 Å². The average Bonchev–Trinajstić information content (AvgIpc) is 2.04. The number of hydrogen-bond acceptors (Lipinski definition) is 2. The van der Waals surface area contributed by atoms with Gasteiger partial charge in [0.25, 0.3) is 0 Å². The van der Waals surface area contributed by atoms with Crippen LogP contribution < -0.4 is 0 Å². The second kappa shape index (κ2) is 4.43. The fourth-order valence-electron chi connectivity index (χ4n) is 2.51. The first-order chi connectivity index (χ1) is 6.07. The number of aliphatic hydroxyl groups is 2. The van der Waals surface area contributed by atoms with Gasteiger partial charge in [0.05, 0.1) is 6.10 Å². The SMILES string of the molecule is CC1CC[C@@H](C(C)C)[C@H](O)C1CO. The first-order valence-electron chi connectivity index (χ1n) is 5.36. The van der Waals surface area contributed by atoms with Crippen molar-refractivity contribution in [2.75, 3.05) is 6.61 Å². The van der Waals surface area contributed by atoms with Crippen molar-refractivity contribution in [3.05, 3.63) is 0 Å². The molecular weight excluding hydrogens is 164 g/mol. The van der Waals surface area contributed by atoms with Crippen LogP contribution in [-0.4, -0.2) is 22.9 Å². The summed E-state index contributed by atoms with van der Waals surface area (Å²) < 4.78 is 0. The van der Waals surface area contributed by atoms with E-state index in [4.69, 9.17) is 0 Å². The Kier molecular flexibility index (Phi) is 3.74. The van der Waals surface area contributed by atoms with Crippen molar-refractivity contribution in [3.8, 4) is 0 Å². The van der Waals surface area contributed by atoms with Crippen molar-refractivity contribution in [1.29, 1.82) is 0 Å². The zero-order chi connectivity index (χ0) is 10.0. The Labute approximate surface area is 81.0 Å². The molecule has 0 heterocycles. The summed E-state index contributed by atoms with van der Waals surface area (Å²) in [5, 5.41) is 19.2. The Morgan fingerprint density at radius 3 is 2.38 bits per heavy atom. The van der Waals surface area contributed by atoms with E-state index in [1.807, 2.05) is 0 Å². The molecule has 1 fully saturated rings. The standard InChI is InChI=1S/C11H22O2/c1-7(2)9-5-4-8(3)10(6-12)11(9)13/h7-13H,4-6H2,1-3H3/t8?,9-,10?,11-/m0/s1. The van der Waals surface area contributed by atoms with Gasteiger partial charge in [-0.2, -0.15) is 0 Å².